The maximum atomic E-state index is 12.7. The first kappa shape index (κ1) is 15.6. The lowest BCUT2D eigenvalue weighted by atomic mass is 10.0. The highest BCUT2D eigenvalue weighted by Crippen LogP contribution is 2.22. The van der Waals surface area contributed by atoms with E-state index in [4.69, 9.17) is 23.2 Å². The number of rotatable bonds is 4. The Morgan fingerprint density at radius 1 is 1.35 bits per heavy atom. The Bertz CT molecular complexity index is 453. The van der Waals surface area contributed by atoms with Crippen LogP contribution < -0.4 is 5.32 Å². The van der Waals surface area contributed by atoms with Crippen molar-refractivity contribution in [1.29, 1.82) is 0 Å². The molecule has 3 nitrogen and oxygen atoms in total. The zero-order valence-corrected chi connectivity index (χ0v) is 13.2. The van der Waals surface area contributed by atoms with Gasteiger partial charge >= 0.3 is 0 Å². The Kier molecular flexibility index (Phi) is 5.70. The number of hydrogen-bond acceptors (Lipinski definition) is 2. The minimum Gasteiger partial charge on any atom is -0.334 e. The number of halogens is 2. The number of nitrogens with zero attached hydrogens (tertiary/aromatic N) is 1. The van der Waals surface area contributed by atoms with E-state index in [0.29, 0.717) is 15.6 Å². The lowest BCUT2D eigenvalue weighted by molar-refractivity contribution is 0.0649. The third kappa shape index (κ3) is 3.87. The Morgan fingerprint density at radius 2 is 2.05 bits per heavy atom. The maximum absolute atomic E-state index is 12.7. The van der Waals surface area contributed by atoms with Crippen LogP contribution in [-0.4, -0.2) is 36.5 Å². The highest BCUT2D eigenvalue weighted by Gasteiger charge is 2.25. The van der Waals surface area contributed by atoms with Gasteiger partial charge in [-0.15, -0.1) is 0 Å². The molecule has 1 unspecified atom stereocenters. The fourth-order valence-electron chi connectivity index (χ4n) is 2.63. The average Bonchev–Trinajstić information content (AvgIpc) is 2.44. The van der Waals surface area contributed by atoms with E-state index in [9.17, 15) is 4.79 Å². The molecule has 1 amide bonds. The molecular formula is C15H20Cl2N2O. The van der Waals surface area contributed by atoms with Crippen LogP contribution in [-0.2, 0) is 0 Å². The number of carbonyl (C=O) groups excluding carboxylic acids is 1. The minimum atomic E-state index is 0.0185. The number of hydrogen-bond donors (Lipinski definition) is 1. The summed E-state index contributed by atoms with van der Waals surface area (Å²) >= 11 is 12.0. The van der Waals surface area contributed by atoms with Crippen LogP contribution in [0.3, 0.4) is 0 Å². The summed E-state index contributed by atoms with van der Waals surface area (Å²) in [5.41, 5.74) is 0.571. The number of nitrogens with one attached hydrogen (secondary N) is 1. The molecule has 0 radical (unpaired) electrons. The van der Waals surface area contributed by atoms with Crippen molar-refractivity contribution in [2.24, 2.45) is 0 Å². The summed E-state index contributed by atoms with van der Waals surface area (Å²) in [6.07, 6.45) is 3.10. The molecule has 1 saturated heterocycles. The van der Waals surface area contributed by atoms with Gasteiger partial charge in [-0.1, -0.05) is 30.1 Å². The van der Waals surface area contributed by atoms with Crippen LogP contribution >= 0.6 is 23.2 Å². The zero-order chi connectivity index (χ0) is 14.5. The van der Waals surface area contributed by atoms with Crippen molar-refractivity contribution in [2.45, 2.75) is 32.2 Å². The summed E-state index contributed by atoms with van der Waals surface area (Å²) in [6, 6.07) is 5.28. The molecule has 0 bridgehead atoms. The largest absolute Gasteiger partial charge is 0.334 e. The molecule has 2 rings (SSSR count). The van der Waals surface area contributed by atoms with Crippen molar-refractivity contribution in [3.05, 3.63) is 33.8 Å². The molecule has 1 aliphatic heterocycles. The van der Waals surface area contributed by atoms with Gasteiger partial charge in [0.1, 0.15) is 0 Å². The highest BCUT2D eigenvalue weighted by atomic mass is 35.5. The van der Waals surface area contributed by atoms with Gasteiger partial charge in [-0.25, -0.2) is 0 Å². The van der Waals surface area contributed by atoms with Crippen LogP contribution in [0.5, 0.6) is 0 Å². The topological polar surface area (TPSA) is 32.3 Å². The first-order chi connectivity index (χ1) is 9.61. The first-order valence-electron chi connectivity index (χ1n) is 7.09. The predicted octanol–water partition coefficient (Wildman–Crippen LogP) is 3.60. The lowest BCUT2D eigenvalue weighted by Gasteiger charge is -2.34. The summed E-state index contributed by atoms with van der Waals surface area (Å²) in [5.74, 6) is 0.0185. The summed E-state index contributed by atoms with van der Waals surface area (Å²) in [6.45, 7) is 4.74. The third-order valence-electron chi connectivity index (χ3n) is 3.55. The third-order valence-corrected chi connectivity index (χ3v) is 3.98. The molecule has 1 N–H and O–H groups in total. The molecule has 1 aromatic rings. The van der Waals surface area contributed by atoms with E-state index in [1.807, 2.05) is 4.90 Å². The number of amides is 1. The van der Waals surface area contributed by atoms with Crippen molar-refractivity contribution in [2.75, 3.05) is 19.6 Å². The van der Waals surface area contributed by atoms with Gasteiger partial charge < -0.3 is 10.2 Å². The van der Waals surface area contributed by atoms with E-state index < -0.39 is 0 Å². The monoisotopic (exact) mass is 314 g/mol. The van der Waals surface area contributed by atoms with Crippen LogP contribution in [0, 0.1) is 0 Å². The fourth-order valence-corrected chi connectivity index (χ4v) is 3.16. The molecule has 1 heterocycles. The number of piperidine rings is 1. The van der Waals surface area contributed by atoms with E-state index in [-0.39, 0.29) is 11.9 Å². The Hall–Kier alpha value is -0.770. The van der Waals surface area contributed by atoms with Gasteiger partial charge in [0.25, 0.3) is 5.91 Å². The highest BCUT2D eigenvalue weighted by molar-refractivity contribution is 6.35. The van der Waals surface area contributed by atoms with Crippen molar-refractivity contribution in [3.63, 3.8) is 0 Å². The number of benzene rings is 1. The van der Waals surface area contributed by atoms with Crippen molar-refractivity contribution < 1.29 is 4.79 Å². The minimum absolute atomic E-state index is 0.0185. The van der Waals surface area contributed by atoms with Crippen LogP contribution in [0.15, 0.2) is 18.2 Å². The van der Waals surface area contributed by atoms with Gasteiger partial charge in [0, 0.05) is 34.7 Å². The van der Waals surface area contributed by atoms with Gasteiger partial charge in [-0.3, -0.25) is 4.79 Å². The summed E-state index contributed by atoms with van der Waals surface area (Å²) in [4.78, 5) is 14.7. The molecule has 1 aromatic carbocycles. The summed E-state index contributed by atoms with van der Waals surface area (Å²) in [7, 11) is 0. The standard InChI is InChI=1S/C15H20Cl2N2O/c1-2-6-19(14-4-3-5-18-10-14)15(20)11-7-12(16)9-13(17)8-11/h7-9,14,18H,2-6,10H2,1H3. The van der Waals surface area contributed by atoms with Crippen LogP contribution in [0.1, 0.15) is 36.5 Å². The molecule has 1 aliphatic rings. The van der Waals surface area contributed by atoms with E-state index in [2.05, 4.69) is 12.2 Å². The van der Waals surface area contributed by atoms with Gasteiger partial charge in [0.2, 0.25) is 0 Å². The lowest BCUT2D eigenvalue weighted by Crippen LogP contribution is -2.49. The second kappa shape index (κ2) is 7.30. The Balaban J connectivity index is 2.20. The number of carbonyl (C=O) groups is 1. The van der Waals surface area contributed by atoms with E-state index in [1.54, 1.807) is 18.2 Å². The van der Waals surface area contributed by atoms with Crippen molar-refractivity contribution in [1.82, 2.24) is 10.2 Å². The summed E-state index contributed by atoms with van der Waals surface area (Å²) in [5, 5.41) is 4.36. The smallest absolute Gasteiger partial charge is 0.254 e. The molecule has 5 heteroatoms. The SMILES string of the molecule is CCCN(C(=O)c1cc(Cl)cc(Cl)c1)C1CCCNC1. The van der Waals surface area contributed by atoms with Crippen molar-refractivity contribution >= 4 is 29.1 Å². The average molecular weight is 315 g/mol. The van der Waals surface area contributed by atoms with Crippen molar-refractivity contribution in [3.8, 4) is 0 Å². The quantitative estimate of drug-likeness (QED) is 0.921. The normalized spacial score (nSPS) is 18.9. The van der Waals surface area contributed by atoms with E-state index >= 15 is 0 Å². The van der Waals surface area contributed by atoms with Crippen LogP contribution in [0.25, 0.3) is 0 Å². The molecule has 0 aliphatic carbocycles. The molecule has 0 spiro atoms. The molecular weight excluding hydrogens is 295 g/mol. The molecule has 0 aromatic heterocycles. The molecule has 110 valence electrons. The van der Waals surface area contributed by atoms with E-state index in [0.717, 1.165) is 38.9 Å². The van der Waals surface area contributed by atoms with Crippen LogP contribution in [0.2, 0.25) is 10.0 Å². The molecule has 20 heavy (non-hydrogen) atoms. The zero-order valence-electron chi connectivity index (χ0n) is 11.7. The molecule has 1 fully saturated rings. The summed E-state index contributed by atoms with van der Waals surface area (Å²) < 4.78 is 0. The van der Waals surface area contributed by atoms with Gasteiger partial charge in [0.15, 0.2) is 0 Å². The maximum Gasteiger partial charge on any atom is 0.254 e. The first-order valence-corrected chi connectivity index (χ1v) is 7.85. The van der Waals surface area contributed by atoms with Gasteiger partial charge in [-0.2, -0.15) is 0 Å². The Labute approximate surface area is 130 Å². The molecule has 1 atom stereocenters. The Morgan fingerprint density at radius 3 is 2.60 bits per heavy atom. The van der Waals surface area contributed by atoms with Gasteiger partial charge in [0.05, 0.1) is 0 Å². The second-order valence-corrected chi connectivity index (χ2v) is 6.03. The predicted molar refractivity (Wildman–Crippen MR) is 83.7 cm³/mol. The fraction of sp³-hybridized carbons (Fsp3) is 0.533. The van der Waals surface area contributed by atoms with E-state index in [1.165, 1.54) is 0 Å². The second-order valence-electron chi connectivity index (χ2n) is 5.16. The van der Waals surface area contributed by atoms with Gasteiger partial charge in [-0.05, 0) is 44.0 Å². The molecule has 0 saturated carbocycles. The van der Waals surface area contributed by atoms with Crippen LogP contribution in [0.4, 0.5) is 0 Å².